The molecule has 0 radical (unpaired) electrons. The van der Waals surface area contributed by atoms with E-state index in [1.54, 1.807) is 0 Å². The molecule has 0 saturated carbocycles. The van der Waals surface area contributed by atoms with Crippen molar-refractivity contribution in [1.82, 2.24) is 0 Å². The molecule has 1 aliphatic rings. The van der Waals surface area contributed by atoms with Gasteiger partial charge in [-0.05, 0) is 51.5 Å². The molecule has 0 spiro atoms. The second kappa shape index (κ2) is 6.06. The largest absolute Gasteiger partial charge is 0.494 e. The monoisotopic (exact) mass is 327 g/mol. The Labute approximate surface area is 144 Å². The molecule has 1 atom stereocenters. The molecule has 0 unspecified atom stereocenters. The molecule has 24 heavy (non-hydrogen) atoms. The van der Waals surface area contributed by atoms with Gasteiger partial charge in [-0.3, -0.25) is 0 Å². The summed E-state index contributed by atoms with van der Waals surface area (Å²) in [4.78, 5) is 0. The standard InChI is InChI=1S/C19H26BNO3/c1-6-22-15-12-11-13-9-7-8-10-14(13)16(15)17(21)20-23-18(2,3)19(4,5)24-20/h7-12,17H,6,21H2,1-5H3/t17-/m1/s1. The van der Waals surface area contributed by atoms with E-state index in [9.17, 15) is 0 Å². The highest BCUT2D eigenvalue weighted by atomic mass is 16.7. The zero-order valence-corrected chi connectivity index (χ0v) is 15.1. The van der Waals surface area contributed by atoms with Gasteiger partial charge in [0.25, 0.3) is 0 Å². The Kier molecular flexibility index (Phi) is 4.37. The third kappa shape index (κ3) is 2.81. The predicted octanol–water partition coefficient (Wildman–Crippen LogP) is 3.87. The lowest BCUT2D eigenvalue weighted by atomic mass is 9.73. The van der Waals surface area contributed by atoms with E-state index in [0.717, 1.165) is 22.1 Å². The summed E-state index contributed by atoms with van der Waals surface area (Å²) >= 11 is 0. The van der Waals surface area contributed by atoms with Gasteiger partial charge < -0.3 is 19.8 Å². The molecule has 0 bridgehead atoms. The lowest BCUT2D eigenvalue weighted by molar-refractivity contribution is 0.00578. The Bertz CT molecular complexity index is 728. The minimum Gasteiger partial charge on any atom is -0.494 e. The van der Waals surface area contributed by atoms with Crippen molar-refractivity contribution < 1.29 is 14.0 Å². The van der Waals surface area contributed by atoms with Gasteiger partial charge in [-0.1, -0.05) is 30.3 Å². The highest BCUT2D eigenvalue weighted by Gasteiger charge is 2.53. The minimum atomic E-state index is -0.514. The van der Waals surface area contributed by atoms with E-state index in [-0.39, 0.29) is 0 Å². The Balaban J connectivity index is 2.06. The van der Waals surface area contributed by atoms with Crippen LogP contribution in [-0.4, -0.2) is 24.9 Å². The summed E-state index contributed by atoms with van der Waals surface area (Å²) in [5.74, 6) is 0.358. The predicted molar refractivity (Wildman–Crippen MR) is 98.1 cm³/mol. The molecule has 2 aromatic rings. The minimum absolute atomic E-state index is 0.411. The molecule has 0 aliphatic carbocycles. The van der Waals surface area contributed by atoms with Crippen LogP contribution in [0.2, 0.25) is 0 Å². The highest BCUT2D eigenvalue weighted by molar-refractivity contribution is 6.47. The average molecular weight is 327 g/mol. The normalized spacial score (nSPS) is 20.3. The Morgan fingerprint density at radius 2 is 1.67 bits per heavy atom. The Hall–Kier alpha value is -1.56. The summed E-state index contributed by atoms with van der Waals surface area (Å²) in [5, 5.41) is 2.20. The van der Waals surface area contributed by atoms with Gasteiger partial charge in [0.05, 0.1) is 23.8 Å². The molecule has 2 aromatic carbocycles. The summed E-state index contributed by atoms with van der Waals surface area (Å²) in [6.07, 6.45) is 0. The van der Waals surface area contributed by atoms with Crippen molar-refractivity contribution in [1.29, 1.82) is 0 Å². The van der Waals surface area contributed by atoms with Gasteiger partial charge in [0.1, 0.15) is 5.75 Å². The van der Waals surface area contributed by atoms with Gasteiger partial charge in [-0.2, -0.15) is 0 Å². The quantitative estimate of drug-likeness (QED) is 0.866. The fourth-order valence-electron chi connectivity index (χ4n) is 3.07. The number of fused-ring (bicyclic) bond motifs is 1. The fourth-order valence-corrected chi connectivity index (χ4v) is 3.07. The van der Waals surface area contributed by atoms with E-state index in [1.165, 1.54) is 0 Å². The van der Waals surface area contributed by atoms with E-state index in [4.69, 9.17) is 19.8 Å². The summed E-state index contributed by atoms with van der Waals surface area (Å²) in [6, 6.07) is 12.2. The maximum atomic E-state index is 6.61. The molecule has 4 nitrogen and oxygen atoms in total. The zero-order chi connectivity index (χ0) is 17.5. The van der Waals surface area contributed by atoms with Crippen LogP contribution in [-0.2, 0) is 9.31 Å². The molecule has 128 valence electrons. The van der Waals surface area contributed by atoms with Crippen molar-refractivity contribution in [2.45, 2.75) is 51.8 Å². The van der Waals surface area contributed by atoms with Crippen LogP contribution in [0.5, 0.6) is 5.75 Å². The molecule has 1 fully saturated rings. The molecule has 1 aliphatic heterocycles. The molecule has 3 rings (SSSR count). The highest BCUT2D eigenvalue weighted by Crippen LogP contribution is 2.42. The fraction of sp³-hybridized carbons (Fsp3) is 0.474. The van der Waals surface area contributed by atoms with Gasteiger partial charge >= 0.3 is 7.12 Å². The first-order valence-corrected chi connectivity index (χ1v) is 8.52. The van der Waals surface area contributed by atoms with Gasteiger partial charge in [0.2, 0.25) is 0 Å². The molecule has 1 heterocycles. The van der Waals surface area contributed by atoms with Gasteiger partial charge in [0, 0.05) is 5.56 Å². The Morgan fingerprint density at radius 3 is 2.29 bits per heavy atom. The number of rotatable bonds is 4. The van der Waals surface area contributed by atoms with Gasteiger partial charge in [0.15, 0.2) is 0 Å². The first-order valence-electron chi connectivity index (χ1n) is 8.52. The van der Waals surface area contributed by atoms with Crippen molar-refractivity contribution in [3.05, 3.63) is 42.0 Å². The lowest BCUT2D eigenvalue weighted by Gasteiger charge is -2.32. The molecule has 0 amide bonds. The van der Waals surface area contributed by atoms with Crippen LogP contribution in [0.1, 0.15) is 46.1 Å². The van der Waals surface area contributed by atoms with Crippen LogP contribution < -0.4 is 10.5 Å². The summed E-state index contributed by atoms with van der Waals surface area (Å²) < 4.78 is 18.2. The SMILES string of the molecule is CCOc1ccc2ccccc2c1[C@@H](N)B1OC(C)(C)C(C)(C)O1. The van der Waals surface area contributed by atoms with Crippen molar-refractivity contribution >= 4 is 17.9 Å². The number of hydrogen-bond donors (Lipinski definition) is 1. The van der Waals surface area contributed by atoms with Crippen LogP contribution >= 0.6 is 0 Å². The van der Waals surface area contributed by atoms with Crippen LogP contribution in [0.4, 0.5) is 0 Å². The van der Waals surface area contributed by atoms with Crippen LogP contribution in [0.3, 0.4) is 0 Å². The van der Waals surface area contributed by atoms with Crippen molar-refractivity contribution in [2.24, 2.45) is 5.73 Å². The van der Waals surface area contributed by atoms with E-state index < -0.39 is 24.3 Å². The topological polar surface area (TPSA) is 53.7 Å². The number of hydrogen-bond acceptors (Lipinski definition) is 4. The zero-order valence-electron chi connectivity index (χ0n) is 15.1. The molecular weight excluding hydrogens is 301 g/mol. The summed E-state index contributed by atoms with van der Waals surface area (Å²) in [5.41, 5.74) is 6.73. The van der Waals surface area contributed by atoms with E-state index in [0.29, 0.717) is 6.61 Å². The van der Waals surface area contributed by atoms with Gasteiger partial charge in [-0.15, -0.1) is 0 Å². The average Bonchev–Trinajstić information content (AvgIpc) is 2.75. The maximum absolute atomic E-state index is 6.61. The van der Waals surface area contributed by atoms with E-state index in [1.807, 2.05) is 52.8 Å². The van der Waals surface area contributed by atoms with E-state index in [2.05, 4.69) is 18.2 Å². The van der Waals surface area contributed by atoms with Crippen molar-refractivity contribution in [3.8, 4) is 5.75 Å². The number of nitrogens with two attached hydrogens (primary N) is 1. The smallest absolute Gasteiger partial charge is 0.480 e. The molecule has 2 N–H and O–H groups in total. The number of ether oxygens (including phenoxy) is 1. The summed E-state index contributed by atoms with van der Waals surface area (Å²) in [6.45, 7) is 10.7. The van der Waals surface area contributed by atoms with Gasteiger partial charge in [-0.25, -0.2) is 0 Å². The maximum Gasteiger partial charge on any atom is 0.480 e. The second-order valence-corrected chi connectivity index (χ2v) is 7.28. The first-order chi connectivity index (χ1) is 11.3. The van der Waals surface area contributed by atoms with Crippen molar-refractivity contribution in [2.75, 3.05) is 6.61 Å². The summed E-state index contributed by atoms with van der Waals surface area (Å²) in [7, 11) is -0.514. The van der Waals surface area contributed by atoms with Crippen LogP contribution in [0, 0.1) is 0 Å². The van der Waals surface area contributed by atoms with Crippen LogP contribution in [0.25, 0.3) is 10.8 Å². The lowest BCUT2D eigenvalue weighted by Crippen LogP contribution is -2.41. The number of benzene rings is 2. The molecular formula is C19H26BNO3. The second-order valence-electron chi connectivity index (χ2n) is 7.28. The third-order valence-corrected chi connectivity index (χ3v) is 5.13. The van der Waals surface area contributed by atoms with E-state index >= 15 is 0 Å². The molecule has 5 heteroatoms. The third-order valence-electron chi connectivity index (χ3n) is 5.13. The molecule has 1 saturated heterocycles. The Morgan fingerprint density at radius 1 is 1.04 bits per heavy atom. The van der Waals surface area contributed by atoms with Crippen LogP contribution in [0.15, 0.2) is 36.4 Å². The van der Waals surface area contributed by atoms with Crippen molar-refractivity contribution in [3.63, 3.8) is 0 Å². The first kappa shape index (κ1) is 17.3. The molecule has 0 aromatic heterocycles.